The number of carbonyl (C=O) groups is 1. The molecular formula is C17H16F3N3O. The Balaban J connectivity index is 1.68. The molecule has 3 rings (SSSR count). The van der Waals surface area contributed by atoms with E-state index in [0.717, 1.165) is 30.7 Å². The van der Waals surface area contributed by atoms with Crippen molar-refractivity contribution in [3.05, 3.63) is 53.6 Å². The second-order valence-corrected chi connectivity index (χ2v) is 5.73. The lowest BCUT2D eigenvalue weighted by Gasteiger charge is -2.13. The molecule has 0 radical (unpaired) electrons. The van der Waals surface area contributed by atoms with Crippen LogP contribution < -0.4 is 10.6 Å². The molecule has 0 bridgehead atoms. The number of amides is 1. The van der Waals surface area contributed by atoms with Crippen molar-refractivity contribution in [1.82, 2.24) is 4.98 Å². The van der Waals surface area contributed by atoms with Gasteiger partial charge >= 0.3 is 0 Å². The van der Waals surface area contributed by atoms with E-state index < -0.39 is 29.0 Å². The maximum absolute atomic E-state index is 13.6. The predicted molar refractivity (Wildman–Crippen MR) is 84.4 cm³/mol. The number of benzene rings is 1. The predicted octanol–water partition coefficient (Wildman–Crippen LogP) is 4.11. The molecule has 1 aliphatic rings. The molecule has 0 spiro atoms. The van der Waals surface area contributed by atoms with Crippen molar-refractivity contribution in [2.45, 2.75) is 31.7 Å². The summed E-state index contributed by atoms with van der Waals surface area (Å²) < 4.78 is 39.6. The second-order valence-electron chi connectivity index (χ2n) is 5.73. The Morgan fingerprint density at radius 2 is 1.79 bits per heavy atom. The van der Waals surface area contributed by atoms with E-state index in [0.29, 0.717) is 6.04 Å². The lowest BCUT2D eigenvalue weighted by atomic mass is 10.2. The van der Waals surface area contributed by atoms with Crippen molar-refractivity contribution in [2.75, 3.05) is 10.6 Å². The molecule has 126 valence electrons. The van der Waals surface area contributed by atoms with Crippen molar-refractivity contribution in [3.8, 4) is 0 Å². The molecule has 1 fully saturated rings. The van der Waals surface area contributed by atoms with Gasteiger partial charge in [-0.05, 0) is 37.1 Å². The summed E-state index contributed by atoms with van der Waals surface area (Å²) in [5.74, 6) is -5.09. The molecule has 1 aromatic carbocycles. The van der Waals surface area contributed by atoms with E-state index in [9.17, 15) is 18.0 Å². The van der Waals surface area contributed by atoms with Gasteiger partial charge in [-0.1, -0.05) is 12.8 Å². The highest BCUT2D eigenvalue weighted by atomic mass is 19.2. The third-order valence-corrected chi connectivity index (χ3v) is 4.01. The highest BCUT2D eigenvalue weighted by molar-refractivity contribution is 6.03. The summed E-state index contributed by atoms with van der Waals surface area (Å²) in [5.41, 5.74) is 0.419. The van der Waals surface area contributed by atoms with Crippen molar-refractivity contribution in [2.24, 2.45) is 0 Å². The van der Waals surface area contributed by atoms with Crippen LogP contribution in [0.15, 0.2) is 30.5 Å². The van der Waals surface area contributed by atoms with Gasteiger partial charge in [-0.2, -0.15) is 0 Å². The molecule has 1 amide bonds. The van der Waals surface area contributed by atoms with Crippen LogP contribution in [0.5, 0.6) is 0 Å². The Labute approximate surface area is 137 Å². The molecule has 1 saturated carbocycles. The topological polar surface area (TPSA) is 54.0 Å². The molecule has 1 heterocycles. The first-order valence-corrected chi connectivity index (χ1v) is 7.72. The smallest absolute Gasteiger partial charge is 0.274 e. The van der Waals surface area contributed by atoms with Crippen molar-refractivity contribution < 1.29 is 18.0 Å². The molecule has 0 unspecified atom stereocenters. The summed E-state index contributed by atoms with van der Waals surface area (Å²) in [5, 5.41) is 5.52. The minimum Gasteiger partial charge on any atom is -0.381 e. The normalized spacial score (nSPS) is 14.6. The lowest BCUT2D eigenvalue weighted by molar-refractivity contribution is 0.102. The maximum atomic E-state index is 13.6. The fourth-order valence-corrected chi connectivity index (χ4v) is 2.73. The first kappa shape index (κ1) is 16.3. The van der Waals surface area contributed by atoms with Crippen LogP contribution in [-0.4, -0.2) is 16.9 Å². The summed E-state index contributed by atoms with van der Waals surface area (Å²) in [7, 11) is 0. The number of rotatable bonds is 4. The van der Waals surface area contributed by atoms with E-state index in [2.05, 4.69) is 15.6 Å². The second kappa shape index (κ2) is 6.90. The molecule has 2 aromatic rings. The summed E-state index contributed by atoms with van der Waals surface area (Å²) >= 11 is 0. The van der Waals surface area contributed by atoms with Gasteiger partial charge in [0.25, 0.3) is 5.91 Å². The highest BCUT2D eigenvalue weighted by Gasteiger charge is 2.17. The number of nitrogens with zero attached hydrogens (tertiary/aromatic N) is 1. The molecule has 7 heteroatoms. The van der Waals surface area contributed by atoms with Gasteiger partial charge in [-0.15, -0.1) is 0 Å². The van der Waals surface area contributed by atoms with Crippen LogP contribution >= 0.6 is 0 Å². The number of pyridine rings is 1. The van der Waals surface area contributed by atoms with Gasteiger partial charge in [0.1, 0.15) is 5.69 Å². The number of hydrogen-bond acceptors (Lipinski definition) is 3. The third kappa shape index (κ3) is 3.50. The fourth-order valence-electron chi connectivity index (χ4n) is 2.73. The molecule has 1 aliphatic carbocycles. The first-order chi connectivity index (χ1) is 11.5. The zero-order chi connectivity index (χ0) is 17.1. The van der Waals surface area contributed by atoms with E-state index in [1.54, 1.807) is 6.07 Å². The van der Waals surface area contributed by atoms with Crippen LogP contribution in [0.2, 0.25) is 0 Å². The van der Waals surface area contributed by atoms with Crippen molar-refractivity contribution in [3.63, 3.8) is 0 Å². The molecule has 0 aliphatic heterocycles. The summed E-state index contributed by atoms with van der Waals surface area (Å²) in [6.07, 6.45) is 6.14. The van der Waals surface area contributed by atoms with E-state index in [1.807, 2.05) is 0 Å². The zero-order valence-corrected chi connectivity index (χ0v) is 12.8. The summed E-state index contributed by atoms with van der Waals surface area (Å²) in [6, 6.07) is 5.33. The number of carbonyl (C=O) groups excluding carboxylic acids is 1. The van der Waals surface area contributed by atoms with E-state index in [4.69, 9.17) is 0 Å². The highest BCUT2D eigenvalue weighted by Crippen LogP contribution is 2.22. The van der Waals surface area contributed by atoms with E-state index in [1.165, 1.54) is 25.1 Å². The number of hydrogen-bond donors (Lipinski definition) is 2. The molecular weight excluding hydrogens is 319 g/mol. The van der Waals surface area contributed by atoms with Crippen LogP contribution in [0.1, 0.15) is 36.2 Å². The van der Waals surface area contributed by atoms with Crippen LogP contribution in [-0.2, 0) is 0 Å². The minimum absolute atomic E-state index is 0.0519. The molecule has 0 atom stereocenters. The Morgan fingerprint density at radius 1 is 1.04 bits per heavy atom. The van der Waals surface area contributed by atoms with E-state index >= 15 is 0 Å². The van der Waals surface area contributed by atoms with Crippen LogP contribution in [0.25, 0.3) is 0 Å². The van der Waals surface area contributed by atoms with E-state index in [-0.39, 0.29) is 5.69 Å². The Hall–Kier alpha value is -2.57. The number of nitrogens with one attached hydrogen (secondary N) is 2. The molecule has 24 heavy (non-hydrogen) atoms. The maximum Gasteiger partial charge on any atom is 0.274 e. The molecule has 1 aromatic heterocycles. The largest absolute Gasteiger partial charge is 0.381 e. The molecule has 0 saturated heterocycles. The van der Waals surface area contributed by atoms with Gasteiger partial charge in [-0.3, -0.25) is 4.79 Å². The zero-order valence-electron chi connectivity index (χ0n) is 12.8. The van der Waals surface area contributed by atoms with Crippen LogP contribution in [0.3, 0.4) is 0 Å². The summed E-state index contributed by atoms with van der Waals surface area (Å²) in [4.78, 5) is 16.1. The lowest BCUT2D eigenvalue weighted by Crippen LogP contribution is -2.17. The van der Waals surface area contributed by atoms with Gasteiger partial charge in [-0.25, -0.2) is 18.2 Å². The minimum atomic E-state index is -1.63. The Bertz CT molecular complexity index is 743. The van der Waals surface area contributed by atoms with Gasteiger partial charge < -0.3 is 10.6 Å². The fraction of sp³-hybridized carbons (Fsp3) is 0.294. The third-order valence-electron chi connectivity index (χ3n) is 4.01. The SMILES string of the molecule is O=C(Nc1ccc(F)c(F)c1F)c1ccc(NC2CCCC2)cn1. The van der Waals surface area contributed by atoms with Crippen LogP contribution in [0, 0.1) is 17.5 Å². The Kier molecular flexibility index (Phi) is 4.69. The standard InChI is InChI=1S/C17H16F3N3O/c18-12-6-8-13(16(20)15(12)19)23-17(24)14-7-5-11(9-21-14)22-10-3-1-2-4-10/h5-10,22H,1-4H2,(H,23,24). The molecule has 2 N–H and O–H groups in total. The number of anilines is 2. The average Bonchev–Trinajstić information content (AvgIpc) is 3.09. The first-order valence-electron chi connectivity index (χ1n) is 7.72. The monoisotopic (exact) mass is 335 g/mol. The van der Waals surface area contributed by atoms with Gasteiger partial charge in [0.2, 0.25) is 0 Å². The number of aromatic nitrogens is 1. The van der Waals surface area contributed by atoms with Gasteiger partial charge in [0.15, 0.2) is 17.5 Å². The van der Waals surface area contributed by atoms with Gasteiger partial charge in [0, 0.05) is 6.04 Å². The van der Waals surface area contributed by atoms with Gasteiger partial charge in [0.05, 0.1) is 17.6 Å². The summed E-state index contributed by atoms with van der Waals surface area (Å²) in [6.45, 7) is 0. The quantitative estimate of drug-likeness (QED) is 0.827. The van der Waals surface area contributed by atoms with Crippen molar-refractivity contribution >= 4 is 17.3 Å². The number of halogens is 3. The average molecular weight is 335 g/mol. The van der Waals surface area contributed by atoms with Crippen molar-refractivity contribution in [1.29, 1.82) is 0 Å². The van der Waals surface area contributed by atoms with Crippen LogP contribution in [0.4, 0.5) is 24.5 Å². The Morgan fingerprint density at radius 3 is 2.46 bits per heavy atom. The molecule has 4 nitrogen and oxygen atoms in total.